The number of benzene rings is 1. The summed E-state index contributed by atoms with van der Waals surface area (Å²) in [6, 6.07) is 2.71. The second-order valence-corrected chi connectivity index (χ2v) is 8.33. The van der Waals surface area contributed by atoms with Gasteiger partial charge in [0.05, 0.1) is 21.8 Å². The highest BCUT2D eigenvalue weighted by Gasteiger charge is 2.46. The van der Waals surface area contributed by atoms with Gasteiger partial charge in [0.1, 0.15) is 6.04 Å². The molecule has 2 aliphatic rings. The normalized spacial score (nSPS) is 19.3. The van der Waals surface area contributed by atoms with Gasteiger partial charge in [-0.3, -0.25) is 29.4 Å². The molecule has 12 heteroatoms. The van der Waals surface area contributed by atoms with Crippen molar-refractivity contribution in [3.05, 3.63) is 39.8 Å². The number of fused-ring (bicyclic) bond motifs is 1. The van der Waals surface area contributed by atoms with Crippen molar-refractivity contribution in [3.8, 4) is 0 Å². The smallest absolute Gasteiger partial charge is 0.263 e. The highest BCUT2D eigenvalue weighted by Crippen LogP contribution is 2.32. The van der Waals surface area contributed by atoms with E-state index in [1.165, 1.54) is 18.2 Å². The maximum Gasteiger partial charge on any atom is 0.263 e. The molecular formula is C16H15N5O6S. The predicted molar refractivity (Wildman–Crippen MR) is 93.8 cm³/mol. The lowest BCUT2D eigenvalue weighted by Gasteiger charge is -2.27. The van der Waals surface area contributed by atoms with Crippen LogP contribution >= 0.6 is 0 Å². The zero-order valence-corrected chi connectivity index (χ0v) is 15.3. The van der Waals surface area contributed by atoms with Crippen molar-refractivity contribution in [2.24, 2.45) is 5.11 Å². The van der Waals surface area contributed by atoms with Gasteiger partial charge in [-0.05, 0) is 30.5 Å². The number of imide groups is 2. The molecule has 1 aromatic carbocycles. The Hall–Kier alpha value is -3.24. The molecule has 2 aliphatic heterocycles. The van der Waals surface area contributed by atoms with Gasteiger partial charge in [0, 0.05) is 17.9 Å². The summed E-state index contributed by atoms with van der Waals surface area (Å²) in [6.45, 7) is -0.0277. The third kappa shape index (κ3) is 3.35. The maximum atomic E-state index is 12.9. The van der Waals surface area contributed by atoms with E-state index in [-0.39, 0.29) is 47.6 Å². The molecule has 1 unspecified atom stereocenters. The Morgan fingerprint density at radius 3 is 2.64 bits per heavy atom. The van der Waals surface area contributed by atoms with Crippen LogP contribution in [0.1, 0.15) is 40.0 Å². The average molecular weight is 405 g/mol. The van der Waals surface area contributed by atoms with Crippen LogP contribution in [0, 0.1) is 0 Å². The first-order chi connectivity index (χ1) is 13.3. The van der Waals surface area contributed by atoms with Crippen LogP contribution in [0.4, 0.5) is 0 Å². The van der Waals surface area contributed by atoms with E-state index >= 15 is 0 Å². The standard InChI is InChI=1S/C16H15N5O6S/c17-20-18-7-2-8-28(26,27)11-4-1-3-9-13(11)16(25)21(15(9)24)10-5-6-12(22)19-14(10)23/h1,3-4,10H,2,5-8H2,(H,19,22,23). The summed E-state index contributed by atoms with van der Waals surface area (Å²) < 4.78 is 25.3. The molecular weight excluding hydrogens is 390 g/mol. The van der Waals surface area contributed by atoms with Crippen LogP contribution in [-0.4, -0.2) is 55.3 Å². The van der Waals surface area contributed by atoms with Gasteiger partial charge in [0.25, 0.3) is 11.8 Å². The van der Waals surface area contributed by atoms with Crippen LogP contribution in [-0.2, 0) is 19.4 Å². The van der Waals surface area contributed by atoms with Crippen LogP contribution in [0.3, 0.4) is 0 Å². The third-order valence-corrected chi connectivity index (χ3v) is 6.34. The van der Waals surface area contributed by atoms with Crippen LogP contribution in [0.2, 0.25) is 0 Å². The molecule has 0 aliphatic carbocycles. The van der Waals surface area contributed by atoms with Crippen LogP contribution in [0.15, 0.2) is 28.2 Å². The monoisotopic (exact) mass is 405 g/mol. The van der Waals surface area contributed by atoms with Crippen LogP contribution < -0.4 is 5.32 Å². The molecule has 0 aromatic heterocycles. The maximum absolute atomic E-state index is 12.9. The highest BCUT2D eigenvalue weighted by atomic mass is 32.2. The van der Waals surface area contributed by atoms with Crippen LogP contribution in [0.5, 0.6) is 0 Å². The summed E-state index contributed by atoms with van der Waals surface area (Å²) in [7, 11) is -3.94. The topological polar surface area (TPSA) is 166 Å². The van der Waals surface area contributed by atoms with Crippen molar-refractivity contribution in [1.82, 2.24) is 10.2 Å². The van der Waals surface area contributed by atoms with Crippen molar-refractivity contribution < 1.29 is 27.6 Å². The molecule has 1 atom stereocenters. The number of nitrogens with zero attached hydrogens (tertiary/aromatic N) is 4. The molecule has 1 aromatic rings. The van der Waals surface area contributed by atoms with E-state index in [0.29, 0.717) is 4.90 Å². The van der Waals surface area contributed by atoms with Crippen molar-refractivity contribution in [3.63, 3.8) is 0 Å². The summed E-state index contributed by atoms with van der Waals surface area (Å²) in [4.78, 5) is 51.9. The number of azide groups is 1. The van der Waals surface area contributed by atoms with E-state index in [0.717, 1.165) is 0 Å². The van der Waals surface area contributed by atoms with Gasteiger partial charge >= 0.3 is 0 Å². The van der Waals surface area contributed by atoms with E-state index in [4.69, 9.17) is 5.53 Å². The number of carbonyl (C=O) groups is 4. The van der Waals surface area contributed by atoms with Crippen molar-refractivity contribution in [2.75, 3.05) is 12.3 Å². The van der Waals surface area contributed by atoms with E-state index in [1.807, 2.05) is 0 Å². The lowest BCUT2D eigenvalue weighted by molar-refractivity contribution is -0.136. The summed E-state index contributed by atoms with van der Waals surface area (Å²) in [5.41, 5.74) is 7.88. The lowest BCUT2D eigenvalue weighted by Crippen LogP contribution is -2.54. The Balaban J connectivity index is 1.95. The predicted octanol–water partition coefficient (Wildman–Crippen LogP) is 0.562. The number of sulfone groups is 1. The van der Waals surface area contributed by atoms with Crippen LogP contribution in [0.25, 0.3) is 10.4 Å². The first-order valence-electron chi connectivity index (χ1n) is 8.36. The second-order valence-electron chi connectivity index (χ2n) is 6.25. The molecule has 4 amide bonds. The lowest BCUT2D eigenvalue weighted by atomic mass is 10.0. The molecule has 0 spiro atoms. The molecule has 3 rings (SSSR count). The molecule has 28 heavy (non-hydrogen) atoms. The highest BCUT2D eigenvalue weighted by molar-refractivity contribution is 7.91. The summed E-state index contributed by atoms with van der Waals surface area (Å²) in [5.74, 6) is -3.31. The fraction of sp³-hybridized carbons (Fsp3) is 0.375. The number of piperidine rings is 1. The number of hydrogen-bond acceptors (Lipinski definition) is 7. The van der Waals surface area contributed by atoms with Gasteiger partial charge < -0.3 is 0 Å². The Morgan fingerprint density at radius 1 is 1.21 bits per heavy atom. The van der Waals surface area contributed by atoms with Gasteiger partial charge in [0.15, 0.2) is 9.84 Å². The summed E-state index contributed by atoms with van der Waals surface area (Å²) in [6.07, 6.45) is -0.00614. The first-order valence-corrected chi connectivity index (χ1v) is 10.0. The van der Waals surface area contributed by atoms with Gasteiger partial charge in [-0.15, -0.1) is 0 Å². The largest absolute Gasteiger partial charge is 0.295 e. The molecule has 1 fully saturated rings. The van der Waals surface area contributed by atoms with E-state index < -0.39 is 39.5 Å². The molecule has 2 heterocycles. The molecule has 146 valence electrons. The molecule has 1 N–H and O–H groups in total. The van der Waals surface area contributed by atoms with Crippen molar-refractivity contribution >= 4 is 33.5 Å². The minimum atomic E-state index is -3.94. The number of hydrogen-bond donors (Lipinski definition) is 1. The number of rotatable bonds is 6. The summed E-state index contributed by atoms with van der Waals surface area (Å²) >= 11 is 0. The zero-order chi connectivity index (χ0) is 20.5. The second kappa shape index (κ2) is 7.41. The Labute approximate surface area is 159 Å². The van der Waals surface area contributed by atoms with Crippen molar-refractivity contribution in [1.29, 1.82) is 0 Å². The quantitative estimate of drug-likeness (QED) is 0.239. The Kier molecular flexibility index (Phi) is 5.16. The Bertz CT molecular complexity index is 1040. The molecule has 11 nitrogen and oxygen atoms in total. The average Bonchev–Trinajstić information content (AvgIpc) is 2.90. The minimum Gasteiger partial charge on any atom is -0.295 e. The molecule has 0 radical (unpaired) electrons. The first kappa shape index (κ1) is 19.5. The molecule has 0 saturated carbocycles. The number of nitrogens with one attached hydrogen (secondary N) is 1. The number of amides is 4. The van der Waals surface area contributed by atoms with Crippen molar-refractivity contribution in [2.45, 2.75) is 30.2 Å². The number of carbonyl (C=O) groups excluding carboxylic acids is 4. The third-order valence-electron chi connectivity index (χ3n) is 4.50. The van der Waals surface area contributed by atoms with Gasteiger partial charge in [0.2, 0.25) is 11.8 Å². The minimum absolute atomic E-state index is 0.0234. The zero-order valence-electron chi connectivity index (χ0n) is 14.5. The van der Waals surface area contributed by atoms with Gasteiger partial charge in [-0.2, -0.15) is 0 Å². The van der Waals surface area contributed by atoms with Gasteiger partial charge in [-0.1, -0.05) is 11.2 Å². The van der Waals surface area contributed by atoms with E-state index in [9.17, 15) is 27.6 Å². The fourth-order valence-electron chi connectivity index (χ4n) is 3.22. The fourth-order valence-corrected chi connectivity index (χ4v) is 4.75. The van der Waals surface area contributed by atoms with Gasteiger partial charge in [-0.25, -0.2) is 8.42 Å². The Morgan fingerprint density at radius 2 is 1.96 bits per heavy atom. The SMILES string of the molecule is [N-]=[N+]=NCCCS(=O)(=O)c1cccc2c1C(=O)N(C1CCC(=O)NC1=O)C2=O. The van der Waals surface area contributed by atoms with E-state index in [2.05, 4.69) is 15.3 Å². The summed E-state index contributed by atoms with van der Waals surface area (Å²) in [5, 5.41) is 5.35. The molecule has 1 saturated heterocycles. The molecule has 0 bridgehead atoms. The van der Waals surface area contributed by atoms with E-state index in [1.54, 1.807) is 0 Å².